The van der Waals surface area contributed by atoms with Crippen LogP contribution < -0.4 is 4.74 Å². The van der Waals surface area contributed by atoms with Crippen molar-refractivity contribution in [2.45, 2.75) is 63.1 Å². The fraction of sp³-hybridized carbons (Fsp3) is 0.600. The summed E-state index contributed by atoms with van der Waals surface area (Å²) in [6.07, 6.45) is 3.73. The molecule has 3 aliphatic heterocycles. The highest BCUT2D eigenvalue weighted by Crippen LogP contribution is 2.40. The molecule has 1 aromatic carbocycles. The average Bonchev–Trinajstić information content (AvgIpc) is 3.16. The van der Waals surface area contributed by atoms with E-state index in [0.717, 1.165) is 18.6 Å². The molecule has 0 spiro atoms. The van der Waals surface area contributed by atoms with Crippen molar-refractivity contribution in [1.82, 2.24) is 9.21 Å². The predicted octanol–water partition coefficient (Wildman–Crippen LogP) is 1.93. The van der Waals surface area contributed by atoms with Crippen LogP contribution in [0.3, 0.4) is 0 Å². The van der Waals surface area contributed by atoms with Crippen molar-refractivity contribution < 1.29 is 22.7 Å². The molecule has 4 rings (SSSR count). The van der Waals surface area contributed by atoms with Gasteiger partial charge < -0.3 is 4.74 Å². The molecule has 0 aromatic heterocycles. The number of piperidine rings is 1. The van der Waals surface area contributed by atoms with Gasteiger partial charge in [0, 0.05) is 31.0 Å². The first kappa shape index (κ1) is 19.4. The van der Waals surface area contributed by atoms with Crippen molar-refractivity contribution in [1.29, 1.82) is 0 Å². The number of hydrogen-bond donors (Lipinski definition) is 0. The maximum Gasteiger partial charge on any atom is 0.229 e. The van der Waals surface area contributed by atoms with E-state index in [2.05, 4.69) is 0 Å². The first-order chi connectivity index (χ1) is 13.5. The number of carbonyl (C=O) groups excluding carboxylic acids is 2. The van der Waals surface area contributed by atoms with E-state index in [1.54, 1.807) is 4.31 Å². The van der Waals surface area contributed by atoms with Crippen LogP contribution in [0, 0.1) is 0 Å². The van der Waals surface area contributed by atoms with Crippen molar-refractivity contribution in [2.24, 2.45) is 0 Å². The van der Waals surface area contributed by atoms with Gasteiger partial charge in [-0.15, -0.1) is 0 Å². The summed E-state index contributed by atoms with van der Waals surface area (Å²) in [7, 11) is -3.38. The van der Waals surface area contributed by atoms with Gasteiger partial charge in [-0.1, -0.05) is 18.2 Å². The number of amides is 2. The fourth-order valence-electron chi connectivity index (χ4n) is 4.82. The lowest BCUT2D eigenvalue weighted by atomic mass is 9.98. The summed E-state index contributed by atoms with van der Waals surface area (Å²) in [5, 5.41) is 0. The molecular weight excluding hydrogens is 380 g/mol. The molecule has 0 N–H and O–H groups in total. The van der Waals surface area contributed by atoms with Gasteiger partial charge in [-0.25, -0.2) is 8.42 Å². The number of nitrogens with zero attached hydrogens (tertiary/aromatic N) is 2. The maximum absolute atomic E-state index is 12.9. The van der Waals surface area contributed by atoms with E-state index in [0.29, 0.717) is 25.9 Å². The van der Waals surface area contributed by atoms with Crippen molar-refractivity contribution in [2.75, 3.05) is 12.4 Å². The topological polar surface area (TPSA) is 84.0 Å². The van der Waals surface area contributed by atoms with Crippen LogP contribution in [-0.4, -0.2) is 59.9 Å². The van der Waals surface area contributed by atoms with E-state index in [4.69, 9.17) is 4.74 Å². The molecule has 0 radical (unpaired) electrons. The number of benzene rings is 1. The Hall–Kier alpha value is -1.93. The largest absolute Gasteiger partial charge is 0.494 e. The Labute approximate surface area is 165 Å². The standard InChI is InChI=1S/C20H26N2O5S/c23-19-9-10-20(24)21(19)17-13-15-7-8-16(14-17)22(15)28(25,26)12-4-11-27-18-5-2-1-3-6-18/h1-3,5-6,15-17H,4,7-14H2. The van der Waals surface area contributed by atoms with Gasteiger partial charge in [0.15, 0.2) is 0 Å². The third-order valence-corrected chi connectivity index (χ3v) is 8.02. The van der Waals surface area contributed by atoms with Crippen LogP contribution in [0.25, 0.3) is 0 Å². The van der Waals surface area contributed by atoms with Gasteiger partial charge in [0.05, 0.1) is 12.4 Å². The molecule has 8 heteroatoms. The van der Waals surface area contributed by atoms with E-state index in [9.17, 15) is 18.0 Å². The fourth-order valence-corrected chi connectivity index (χ4v) is 6.81. The first-order valence-corrected chi connectivity index (χ1v) is 11.6. The zero-order valence-corrected chi connectivity index (χ0v) is 16.6. The Morgan fingerprint density at radius 2 is 1.54 bits per heavy atom. The molecule has 0 saturated carbocycles. The minimum Gasteiger partial charge on any atom is -0.494 e. The molecule has 0 aliphatic carbocycles. The van der Waals surface area contributed by atoms with Crippen LogP contribution in [-0.2, 0) is 19.6 Å². The molecule has 3 saturated heterocycles. The van der Waals surface area contributed by atoms with E-state index < -0.39 is 10.0 Å². The van der Waals surface area contributed by atoms with Crippen molar-refractivity contribution in [3.63, 3.8) is 0 Å². The van der Waals surface area contributed by atoms with E-state index >= 15 is 0 Å². The van der Waals surface area contributed by atoms with Crippen LogP contribution in [0.5, 0.6) is 5.75 Å². The Morgan fingerprint density at radius 3 is 2.14 bits per heavy atom. The van der Waals surface area contributed by atoms with Gasteiger partial charge in [0.25, 0.3) is 0 Å². The first-order valence-electron chi connectivity index (χ1n) is 9.99. The number of hydrogen-bond acceptors (Lipinski definition) is 5. The number of likely N-dealkylation sites (tertiary alicyclic amines) is 1. The summed E-state index contributed by atoms with van der Waals surface area (Å²) in [4.78, 5) is 25.5. The third-order valence-electron chi connectivity index (χ3n) is 5.98. The molecule has 3 heterocycles. The number of carbonyl (C=O) groups is 2. The highest BCUT2D eigenvalue weighted by Gasteiger charge is 2.49. The molecular formula is C20H26N2O5S. The number of para-hydroxylation sites is 1. The van der Waals surface area contributed by atoms with Gasteiger partial charge in [0.1, 0.15) is 5.75 Å². The highest BCUT2D eigenvalue weighted by molar-refractivity contribution is 7.89. The average molecular weight is 407 g/mol. The van der Waals surface area contributed by atoms with E-state index in [1.807, 2.05) is 30.3 Å². The van der Waals surface area contributed by atoms with Crippen LogP contribution in [0.2, 0.25) is 0 Å². The minimum atomic E-state index is -3.38. The molecule has 2 amide bonds. The van der Waals surface area contributed by atoms with Crippen molar-refractivity contribution in [3.8, 4) is 5.75 Å². The zero-order chi connectivity index (χ0) is 19.7. The molecule has 152 valence electrons. The third kappa shape index (κ3) is 3.80. The monoisotopic (exact) mass is 406 g/mol. The number of ether oxygens (including phenoxy) is 1. The summed E-state index contributed by atoms with van der Waals surface area (Å²) in [6.45, 7) is 0.353. The van der Waals surface area contributed by atoms with Gasteiger partial charge in [-0.2, -0.15) is 4.31 Å². The summed E-state index contributed by atoms with van der Waals surface area (Å²) in [6, 6.07) is 9.00. The summed E-state index contributed by atoms with van der Waals surface area (Å²) < 4.78 is 33.1. The summed E-state index contributed by atoms with van der Waals surface area (Å²) in [5.74, 6) is 0.576. The van der Waals surface area contributed by atoms with Gasteiger partial charge in [-0.05, 0) is 44.2 Å². The van der Waals surface area contributed by atoms with Crippen LogP contribution >= 0.6 is 0 Å². The van der Waals surface area contributed by atoms with Crippen molar-refractivity contribution in [3.05, 3.63) is 30.3 Å². The number of fused-ring (bicyclic) bond motifs is 2. The second kappa shape index (κ2) is 7.83. The molecule has 2 bridgehead atoms. The van der Waals surface area contributed by atoms with Crippen LogP contribution in [0.15, 0.2) is 30.3 Å². The van der Waals surface area contributed by atoms with Crippen molar-refractivity contribution >= 4 is 21.8 Å². The second-order valence-corrected chi connectivity index (χ2v) is 9.82. The SMILES string of the molecule is O=C1CCC(=O)N1C1CC2CCC(C1)N2S(=O)(=O)CCCOc1ccccc1. The molecule has 3 fully saturated rings. The Bertz CT molecular complexity index is 811. The lowest BCUT2D eigenvalue weighted by Gasteiger charge is -2.40. The Balaban J connectivity index is 1.34. The summed E-state index contributed by atoms with van der Waals surface area (Å²) >= 11 is 0. The smallest absolute Gasteiger partial charge is 0.229 e. The minimum absolute atomic E-state index is 0.0546. The highest BCUT2D eigenvalue weighted by atomic mass is 32.2. The van der Waals surface area contributed by atoms with Gasteiger partial charge in [-0.3, -0.25) is 14.5 Å². The van der Waals surface area contributed by atoms with Gasteiger partial charge >= 0.3 is 0 Å². The number of rotatable bonds is 7. The lowest BCUT2D eigenvalue weighted by molar-refractivity contribution is -0.142. The predicted molar refractivity (Wildman–Crippen MR) is 103 cm³/mol. The lowest BCUT2D eigenvalue weighted by Crippen LogP contribution is -2.54. The quantitative estimate of drug-likeness (QED) is 0.510. The Kier molecular flexibility index (Phi) is 5.42. The molecule has 28 heavy (non-hydrogen) atoms. The molecule has 2 atom stereocenters. The maximum atomic E-state index is 12.9. The van der Waals surface area contributed by atoms with Crippen LogP contribution in [0.1, 0.15) is 44.9 Å². The normalized spacial score (nSPS) is 28.1. The molecule has 1 aromatic rings. The molecule has 2 unspecified atom stereocenters. The summed E-state index contributed by atoms with van der Waals surface area (Å²) in [5.41, 5.74) is 0. The number of imide groups is 1. The molecule has 3 aliphatic rings. The second-order valence-electron chi connectivity index (χ2n) is 7.83. The van der Waals surface area contributed by atoms with E-state index in [-0.39, 0.29) is 48.5 Å². The number of sulfonamides is 1. The van der Waals surface area contributed by atoms with E-state index in [1.165, 1.54) is 4.90 Å². The zero-order valence-electron chi connectivity index (χ0n) is 15.8. The van der Waals surface area contributed by atoms with Gasteiger partial charge in [0.2, 0.25) is 21.8 Å². The Morgan fingerprint density at radius 1 is 0.929 bits per heavy atom. The van der Waals surface area contributed by atoms with Crippen LogP contribution in [0.4, 0.5) is 0 Å². The molecule has 7 nitrogen and oxygen atoms in total.